The third-order valence-corrected chi connectivity index (χ3v) is 2.74. The molecule has 0 radical (unpaired) electrons. The monoisotopic (exact) mass is 274 g/mol. The molecule has 0 aliphatic heterocycles. The van der Waals surface area contributed by atoms with Crippen LogP contribution in [0.1, 0.15) is 25.5 Å². The van der Waals surface area contributed by atoms with Gasteiger partial charge in [-0.15, -0.1) is 0 Å². The molecule has 0 unspecified atom stereocenters. The van der Waals surface area contributed by atoms with Crippen molar-refractivity contribution in [2.24, 2.45) is 0 Å². The van der Waals surface area contributed by atoms with Crippen LogP contribution in [-0.4, -0.2) is 22.7 Å². The zero-order valence-corrected chi connectivity index (χ0v) is 11.5. The molecule has 0 spiro atoms. The first-order valence-corrected chi connectivity index (χ1v) is 6.38. The summed E-state index contributed by atoms with van der Waals surface area (Å²) in [6.07, 6.45) is 0. The van der Waals surface area contributed by atoms with Crippen LogP contribution in [0.15, 0.2) is 30.3 Å². The van der Waals surface area contributed by atoms with Crippen molar-refractivity contribution < 1.29 is 9.53 Å². The largest absolute Gasteiger partial charge is 0.484 e. The summed E-state index contributed by atoms with van der Waals surface area (Å²) in [7, 11) is 0. The second-order valence-corrected chi connectivity index (χ2v) is 4.77. The number of aromatic nitrogens is 2. The maximum Gasteiger partial charge on any atom is 0.263 e. The Balaban J connectivity index is 1.84. The molecular formula is C14H18N4O2. The van der Waals surface area contributed by atoms with Crippen molar-refractivity contribution in [2.45, 2.75) is 19.8 Å². The van der Waals surface area contributed by atoms with E-state index in [4.69, 9.17) is 10.5 Å². The van der Waals surface area contributed by atoms with Gasteiger partial charge in [0.2, 0.25) is 0 Å². The molecule has 0 aliphatic carbocycles. The van der Waals surface area contributed by atoms with Gasteiger partial charge < -0.3 is 15.8 Å². The van der Waals surface area contributed by atoms with Gasteiger partial charge >= 0.3 is 0 Å². The maximum absolute atomic E-state index is 11.7. The standard InChI is InChI=1S/C14H18N4O2/c1-9(2)12-7-13(18-17-12)16-14(19)8-20-11-5-3-10(15)4-6-11/h3-7,9H,8,15H2,1-2H3,(H2,16,17,18,19). The number of benzene rings is 1. The second kappa shape index (κ2) is 6.10. The van der Waals surface area contributed by atoms with Gasteiger partial charge in [0, 0.05) is 17.4 Å². The Bertz CT molecular complexity index is 575. The van der Waals surface area contributed by atoms with E-state index in [0.29, 0.717) is 23.2 Å². The van der Waals surface area contributed by atoms with Crippen LogP contribution < -0.4 is 15.8 Å². The Morgan fingerprint density at radius 3 is 2.70 bits per heavy atom. The summed E-state index contributed by atoms with van der Waals surface area (Å²) in [5, 5.41) is 9.55. The van der Waals surface area contributed by atoms with E-state index < -0.39 is 0 Å². The van der Waals surface area contributed by atoms with Crippen LogP contribution in [0.25, 0.3) is 0 Å². The number of amides is 1. The summed E-state index contributed by atoms with van der Waals surface area (Å²) in [5.74, 6) is 1.17. The zero-order chi connectivity index (χ0) is 14.5. The normalized spacial score (nSPS) is 10.6. The number of rotatable bonds is 5. The van der Waals surface area contributed by atoms with Gasteiger partial charge in [-0.05, 0) is 30.2 Å². The minimum Gasteiger partial charge on any atom is -0.484 e. The molecule has 6 nitrogen and oxygen atoms in total. The van der Waals surface area contributed by atoms with Crippen molar-refractivity contribution in [2.75, 3.05) is 17.7 Å². The van der Waals surface area contributed by atoms with Gasteiger partial charge in [-0.1, -0.05) is 13.8 Å². The van der Waals surface area contributed by atoms with E-state index in [9.17, 15) is 4.79 Å². The van der Waals surface area contributed by atoms with Crippen molar-refractivity contribution in [3.05, 3.63) is 36.0 Å². The van der Waals surface area contributed by atoms with Crippen LogP contribution in [0, 0.1) is 0 Å². The van der Waals surface area contributed by atoms with E-state index in [1.165, 1.54) is 0 Å². The van der Waals surface area contributed by atoms with E-state index in [1.807, 2.05) is 19.9 Å². The molecule has 106 valence electrons. The lowest BCUT2D eigenvalue weighted by Gasteiger charge is -2.05. The zero-order valence-electron chi connectivity index (χ0n) is 11.5. The Morgan fingerprint density at radius 2 is 2.10 bits per heavy atom. The highest BCUT2D eigenvalue weighted by atomic mass is 16.5. The molecule has 0 bridgehead atoms. The van der Waals surface area contributed by atoms with Gasteiger partial charge in [0.15, 0.2) is 12.4 Å². The average molecular weight is 274 g/mol. The molecule has 0 atom stereocenters. The Hall–Kier alpha value is -2.50. The fraction of sp³-hybridized carbons (Fsp3) is 0.286. The summed E-state index contributed by atoms with van der Waals surface area (Å²) < 4.78 is 5.34. The van der Waals surface area contributed by atoms with E-state index in [2.05, 4.69) is 15.5 Å². The van der Waals surface area contributed by atoms with Gasteiger partial charge in [-0.25, -0.2) is 0 Å². The summed E-state index contributed by atoms with van der Waals surface area (Å²) in [6.45, 7) is 4.01. The van der Waals surface area contributed by atoms with Crippen molar-refractivity contribution in [3.63, 3.8) is 0 Å². The van der Waals surface area contributed by atoms with Gasteiger partial charge in [0.25, 0.3) is 5.91 Å². The van der Waals surface area contributed by atoms with Crippen LogP contribution in [0.5, 0.6) is 5.75 Å². The number of nitrogen functional groups attached to an aromatic ring is 1. The molecule has 1 aromatic heterocycles. The SMILES string of the molecule is CC(C)c1cc(NC(=O)COc2ccc(N)cc2)n[nH]1. The van der Waals surface area contributed by atoms with Gasteiger partial charge in [0.1, 0.15) is 5.75 Å². The lowest BCUT2D eigenvalue weighted by atomic mass is 10.1. The molecule has 1 aromatic carbocycles. The fourth-order valence-corrected chi connectivity index (χ4v) is 1.59. The Labute approximate surface area is 117 Å². The second-order valence-electron chi connectivity index (χ2n) is 4.77. The highest BCUT2D eigenvalue weighted by molar-refractivity contribution is 5.90. The van der Waals surface area contributed by atoms with E-state index in [-0.39, 0.29) is 12.5 Å². The van der Waals surface area contributed by atoms with Gasteiger partial charge in [0.05, 0.1) is 0 Å². The number of nitrogens with two attached hydrogens (primary N) is 1. The number of aromatic amines is 1. The highest BCUT2D eigenvalue weighted by Gasteiger charge is 2.08. The maximum atomic E-state index is 11.7. The quantitative estimate of drug-likeness (QED) is 0.728. The number of hydrogen-bond acceptors (Lipinski definition) is 4. The van der Waals surface area contributed by atoms with E-state index in [0.717, 1.165) is 5.69 Å². The number of H-pyrrole nitrogens is 1. The van der Waals surface area contributed by atoms with Crippen LogP contribution in [0.2, 0.25) is 0 Å². The van der Waals surface area contributed by atoms with Crippen LogP contribution in [-0.2, 0) is 4.79 Å². The van der Waals surface area contributed by atoms with Crippen LogP contribution in [0.4, 0.5) is 11.5 Å². The predicted octanol–water partition coefficient (Wildman–Crippen LogP) is 2.13. The van der Waals surface area contributed by atoms with Crippen molar-refractivity contribution >= 4 is 17.4 Å². The number of anilines is 2. The molecule has 2 rings (SSSR count). The molecular weight excluding hydrogens is 256 g/mol. The molecule has 0 saturated carbocycles. The fourth-order valence-electron chi connectivity index (χ4n) is 1.59. The first-order chi connectivity index (χ1) is 9.54. The van der Waals surface area contributed by atoms with E-state index >= 15 is 0 Å². The summed E-state index contributed by atoms with van der Waals surface area (Å²) in [5.41, 5.74) is 7.19. The van der Waals surface area contributed by atoms with Crippen molar-refractivity contribution in [1.29, 1.82) is 0 Å². The van der Waals surface area contributed by atoms with Crippen molar-refractivity contribution in [1.82, 2.24) is 10.2 Å². The predicted molar refractivity (Wildman–Crippen MR) is 77.7 cm³/mol. The number of nitrogens with zero attached hydrogens (tertiary/aromatic N) is 1. The minimum atomic E-state index is -0.261. The molecule has 0 fully saturated rings. The molecule has 1 amide bonds. The molecule has 0 aliphatic rings. The first kappa shape index (κ1) is 13.9. The number of hydrogen-bond donors (Lipinski definition) is 3. The third-order valence-electron chi connectivity index (χ3n) is 2.74. The lowest BCUT2D eigenvalue weighted by molar-refractivity contribution is -0.118. The summed E-state index contributed by atoms with van der Waals surface area (Å²) >= 11 is 0. The average Bonchev–Trinajstić information content (AvgIpc) is 2.87. The number of carbonyl (C=O) groups is 1. The molecule has 0 saturated heterocycles. The van der Waals surface area contributed by atoms with Gasteiger partial charge in [-0.2, -0.15) is 5.10 Å². The minimum absolute atomic E-state index is 0.0756. The highest BCUT2D eigenvalue weighted by Crippen LogP contribution is 2.15. The summed E-state index contributed by atoms with van der Waals surface area (Å²) in [6, 6.07) is 8.68. The van der Waals surface area contributed by atoms with Crippen molar-refractivity contribution in [3.8, 4) is 5.75 Å². The van der Waals surface area contributed by atoms with Crippen LogP contribution >= 0.6 is 0 Å². The summed E-state index contributed by atoms with van der Waals surface area (Å²) in [4.78, 5) is 11.7. The Kier molecular flexibility index (Phi) is 4.24. The smallest absolute Gasteiger partial charge is 0.263 e. The molecule has 20 heavy (non-hydrogen) atoms. The topological polar surface area (TPSA) is 93.0 Å². The lowest BCUT2D eigenvalue weighted by Crippen LogP contribution is -2.20. The Morgan fingerprint density at radius 1 is 1.40 bits per heavy atom. The third kappa shape index (κ3) is 3.74. The first-order valence-electron chi connectivity index (χ1n) is 6.38. The molecule has 2 aromatic rings. The molecule has 6 heteroatoms. The molecule has 1 heterocycles. The molecule has 4 N–H and O–H groups in total. The number of carbonyl (C=O) groups excluding carboxylic acids is 1. The number of nitrogens with one attached hydrogen (secondary N) is 2. The van der Waals surface area contributed by atoms with E-state index in [1.54, 1.807) is 24.3 Å². The number of ether oxygens (including phenoxy) is 1. The van der Waals surface area contributed by atoms with Gasteiger partial charge in [-0.3, -0.25) is 9.89 Å². The van der Waals surface area contributed by atoms with Crippen LogP contribution in [0.3, 0.4) is 0 Å².